The highest BCUT2D eigenvalue weighted by Crippen LogP contribution is 2.27. The number of aromatic nitrogens is 3. The number of benzene rings is 2. The Hall–Kier alpha value is -3.81. The first-order chi connectivity index (χ1) is 14.1. The molecule has 146 valence electrons. The van der Waals surface area contributed by atoms with E-state index in [4.69, 9.17) is 0 Å². The van der Waals surface area contributed by atoms with Gasteiger partial charge < -0.3 is 10.3 Å². The molecule has 0 fully saturated rings. The Kier molecular flexibility index (Phi) is 5.15. The van der Waals surface area contributed by atoms with E-state index in [0.717, 1.165) is 23.3 Å². The topological polar surface area (TPSA) is 96.7 Å². The van der Waals surface area contributed by atoms with Gasteiger partial charge in [-0.2, -0.15) is 0 Å². The zero-order valence-corrected chi connectivity index (χ0v) is 15.4. The van der Waals surface area contributed by atoms with E-state index in [-0.39, 0.29) is 17.3 Å². The summed E-state index contributed by atoms with van der Waals surface area (Å²) in [6, 6.07) is 16.6. The second-order valence-electron chi connectivity index (χ2n) is 6.56. The first-order valence-electron chi connectivity index (χ1n) is 9.19. The Bertz CT molecular complexity index is 1120. The van der Waals surface area contributed by atoms with Crippen LogP contribution in [0, 0.1) is 15.9 Å². The summed E-state index contributed by atoms with van der Waals surface area (Å²) in [7, 11) is 0. The molecule has 0 saturated heterocycles. The Morgan fingerprint density at radius 1 is 1.03 bits per heavy atom. The van der Waals surface area contributed by atoms with Crippen molar-refractivity contribution in [2.45, 2.75) is 12.8 Å². The molecular formula is C21H18FN5O2. The summed E-state index contributed by atoms with van der Waals surface area (Å²) < 4.78 is 13.1. The minimum atomic E-state index is -0.469. The Balaban J connectivity index is 1.45. The number of rotatable bonds is 7. The van der Waals surface area contributed by atoms with E-state index in [1.807, 2.05) is 24.3 Å². The van der Waals surface area contributed by atoms with Crippen LogP contribution in [-0.2, 0) is 6.42 Å². The van der Waals surface area contributed by atoms with Crippen LogP contribution in [0.25, 0.3) is 22.3 Å². The normalized spacial score (nSPS) is 10.9. The summed E-state index contributed by atoms with van der Waals surface area (Å²) in [6.45, 7) is 0.498. The molecule has 0 unspecified atom stereocenters. The highest BCUT2D eigenvalue weighted by Gasteiger charge is 2.16. The zero-order chi connectivity index (χ0) is 20.2. The van der Waals surface area contributed by atoms with Gasteiger partial charge in [0.2, 0.25) is 5.82 Å². The van der Waals surface area contributed by atoms with Crippen molar-refractivity contribution in [1.82, 2.24) is 15.0 Å². The van der Waals surface area contributed by atoms with Crippen molar-refractivity contribution < 1.29 is 9.31 Å². The lowest BCUT2D eigenvalue weighted by atomic mass is 10.1. The van der Waals surface area contributed by atoms with Crippen LogP contribution in [0.2, 0.25) is 0 Å². The number of aryl methyl sites for hydroxylation is 1. The maximum Gasteiger partial charge on any atom is 0.311 e. The number of halogens is 1. The van der Waals surface area contributed by atoms with Crippen molar-refractivity contribution in [1.29, 1.82) is 0 Å². The molecule has 0 bridgehead atoms. The van der Waals surface area contributed by atoms with Crippen molar-refractivity contribution in [2.75, 3.05) is 11.9 Å². The van der Waals surface area contributed by atoms with Crippen LogP contribution in [-0.4, -0.2) is 26.4 Å². The van der Waals surface area contributed by atoms with Crippen LogP contribution < -0.4 is 5.32 Å². The molecule has 0 aliphatic heterocycles. The number of imidazole rings is 1. The highest BCUT2D eigenvalue weighted by molar-refractivity contribution is 5.74. The molecule has 4 aromatic rings. The first-order valence-corrected chi connectivity index (χ1v) is 9.19. The standard InChI is InChI=1S/C21H18FN5O2/c22-15-9-7-14(8-10-15)16-11-12-19(27(28)29)21(26-16)23-13-3-6-20-24-17-4-1-2-5-18(17)25-20/h1-2,4-5,7-12H,3,6,13H2,(H,23,26)(H,24,25). The van der Waals surface area contributed by atoms with Crippen LogP contribution >= 0.6 is 0 Å². The molecule has 0 aliphatic carbocycles. The average Bonchev–Trinajstić information content (AvgIpc) is 3.14. The fraction of sp³-hybridized carbons (Fsp3) is 0.143. The molecule has 0 saturated carbocycles. The molecule has 2 aromatic heterocycles. The van der Waals surface area contributed by atoms with E-state index >= 15 is 0 Å². The summed E-state index contributed by atoms with van der Waals surface area (Å²) in [4.78, 5) is 23.0. The van der Waals surface area contributed by atoms with Gasteiger partial charge in [0.15, 0.2) is 0 Å². The van der Waals surface area contributed by atoms with Gasteiger partial charge in [-0.05, 0) is 48.9 Å². The largest absolute Gasteiger partial charge is 0.364 e. The second kappa shape index (κ2) is 8.05. The number of aromatic amines is 1. The van der Waals surface area contributed by atoms with E-state index in [2.05, 4.69) is 20.3 Å². The number of H-pyrrole nitrogens is 1. The van der Waals surface area contributed by atoms with Crippen LogP contribution in [0.4, 0.5) is 15.9 Å². The minimum Gasteiger partial charge on any atom is -0.364 e. The van der Waals surface area contributed by atoms with Gasteiger partial charge in [0.1, 0.15) is 11.6 Å². The summed E-state index contributed by atoms with van der Waals surface area (Å²) >= 11 is 0. The molecule has 0 radical (unpaired) electrons. The van der Waals surface area contributed by atoms with Crippen molar-refractivity contribution in [3.8, 4) is 11.3 Å². The molecule has 7 nitrogen and oxygen atoms in total. The number of hydrogen-bond acceptors (Lipinski definition) is 5. The Morgan fingerprint density at radius 2 is 1.83 bits per heavy atom. The third-order valence-electron chi connectivity index (χ3n) is 4.53. The number of nitrogens with one attached hydrogen (secondary N) is 2. The number of anilines is 1. The average molecular weight is 391 g/mol. The van der Waals surface area contributed by atoms with Crippen molar-refractivity contribution >= 4 is 22.5 Å². The fourth-order valence-electron chi connectivity index (χ4n) is 3.10. The fourth-order valence-corrected chi connectivity index (χ4v) is 3.10. The van der Waals surface area contributed by atoms with Crippen LogP contribution in [0.5, 0.6) is 0 Å². The monoisotopic (exact) mass is 391 g/mol. The van der Waals surface area contributed by atoms with Gasteiger partial charge in [-0.15, -0.1) is 0 Å². The van der Waals surface area contributed by atoms with E-state index < -0.39 is 4.92 Å². The molecule has 0 amide bonds. The lowest BCUT2D eigenvalue weighted by Gasteiger charge is -2.08. The third-order valence-corrected chi connectivity index (χ3v) is 4.53. The molecule has 8 heteroatoms. The van der Waals surface area contributed by atoms with E-state index in [0.29, 0.717) is 24.2 Å². The maximum atomic E-state index is 13.1. The van der Waals surface area contributed by atoms with Crippen molar-refractivity contribution in [3.05, 3.63) is 82.4 Å². The van der Waals surface area contributed by atoms with Crippen molar-refractivity contribution in [2.24, 2.45) is 0 Å². The van der Waals surface area contributed by atoms with Crippen molar-refractivity contribution in [3.63, 3.8) is 0 Å². The summed E-state index contributed by atoms with van der Waals surface area (Å²) in [6.07, 6.45) is 1.42. The molecular weight excluding hydrogens is 373 g/mol. The SMILES string of the molecule is O=[N+]([O-])c1ccc(-c2ccc(F)cc2)nc1NCCCc1nc2ccccc2[nH]1. The minimum absolute atomic E-state index is 0.0976. The van der Waals surface area contributed by atoms with E-state index in [1.54, 1.807) is 18.2 Å². The van der Waals surface area contributed by atoms with Crippen LogP contribution in [0.1, 0.15) is 12.2 Å². The number of fused-ring (bicyclic) bond motifs is 1. The van der Waals surface area contributed by atoms with Gasteiger partial charge in [0, 0.05) is 24.6 Å². The van der Waals surface area contributed by atoms with Gasteiger partial charge in [0.05, 0.1) is 21.7 Å². The molecule has 2 heterocycles. The number of nitro groups is 1. The van der Waals surface area contributed by atoms with E-state index in [1.165, 1.54) is 18.2 Å². The van der Waals surface area contributed by atoms with Crippen LogP contribution in [0.15, 0.2) is 60.7 Å². The number of pyridine rings is 1. The third kappa shape index (κ3) is 4.21. The van der Waals surface area contributed by atoms with Gasteiger partial charge in [-0.3, -0.25) is 10.1 Å². The first kappa shape index (κ1) is 18.5. The Labute approximate surface area is 165 Å². The highest BCUT2D eigenvalue weighted by atomic mass is 19.1. The van der Waals surface area contributed by atoms with Gasteiger partial charge in [0.25, 0.3) is 0 Å². The predicted molar refractivity (Wildman–Crippen MR) is 109 cm³/mol. The lowest BCUT2D eigenvalue weighted by molar-refractivity contribution is -0.384. The smallest absolute Gasteiger partial charge is 0.311 e. The Morgan fingerprint density at radius 3 is 2.59 bits per heavy atom. The molecule has 2 N–H and O–H groups in total. The van der Waals surface area contributed by atoms with Gasteiger partial charge in [-0.25, -0.2) is 14.4 Å². The van der Waals surface area contributed by atoms with Gasteiger partial charge in [-0.1, -0.05) is 12.1 Å². The lowest BCUT2D eigenvalue weighted by Crippen LogP contribution is -2.08. The molecule has 0 spiro atoms. The predicted octanol–water partition coefficient (Wildman–Crippen LogP) is 4.72. The molecule has 0 atom stereocenters. The molecule has 29 heavy (non-hydrogen) atoms. The summed E-state index contributed by atoms with van der Waals surface area (Å²) in [5.41, 5.74) is 3.03. The summed E-state index contributed by atoms with van der Waals surface area (Å²) in [5.74, 6) is 0.719. The second-order valence-corrected chi connectivity index (χ2v) is 6.56. The van der Waals surface area contributed by atoms with Crippen LogP contribution in [0.3, 0.4) is 0 Å². The maximum absolute atomic E-state index is 13.1. The number of para-hydroxylation sites is 2. The molecule has 4 rings (SSSR count). The van der Waals surface area contributed by atoms with E-state index in [9.17, 15) is 14.5 Å². The molecule has 0 aliphatic rings. The quantitative estimate of drug-likeness (QED) is 0.270. The number of hydrogen-bond donors (Lipinski definition) is 2. The number of nitrogens with zero attached hydrogens (tertiary/aromatic N) is 3. The van der Waals surface area contributed by atoms with Gasteiger partial charge >= 0.3 is 5.69 Å². The zero-order valence-electron chi connectivity index (χ0n) is 15.4. The summed E-state index contributed by atoms with van der Waals surface area (Å²) in [5, 5.41) is 14.4. The molecule has 2 aromatic carbocycles.